The predicted molar refractivity (Wildman–Crippen MR) is 89.2 cm³/mol. The van der Waals surface area contributed by atoms with Gasteiger partial charge in [0.1, 0.15) is 5.75 Å². The van der Waals surface area contributed by atoms with Crippen LogP contribution in [0.25, 0.3) is 0 Å². The maximum Gasteiger partial charge on any atom is 0.123 e. The summed E-state index contributed by atoms with van der Waals surface area (Å²) in [6.07, 6.45) is 0. The van der Waals surface area contributed by atoms with E-state index in [2.05, 4.69) is 64.1 Å². The van der Waals surface area contributed by atoms with Gasteiger partial charge in [0.2, 0.25) is 0 Å². The van der Waals surface area contributed by atoms with E-state index in [1.165, 1.54) is 16.7 Å². The lowest BCUT2D eigenvalue weighted by atomic mass is 9.87. The standard InChI is InChI=1S/2C10H12O/c1-10(2)7-11-9-6-4-3-5-8(9)10;1-10(2)9-6-4-3-5-8(9)7-11-10/h2*3-6H,7H2,1-2H3. The van der Waals surface area contributed by atoms with Gasteiger partial charge in [0.05, 0.1) is 18.8 Å². The van der Waals surface area contributed by atoms with E-state index in [9.17, 15) is 0 Å². The number of para-hydroxylation sites is 1. The number of hydrogen-bond donors (Lipinski definition) is 0. The van der Waals surface area contributed by atoms with E-state index in [0.29, 0.717) is 0 Å². The highest BCUT2D eigenvalue weighted by Crippen LogP contribution is 2.37. The molecule has 2 aromatic carbocycles. The van der Waals surface area contributed by atoms with E-state index in [1.807, 2.05) is 12.1 Å². The molecule has 0 atom stereocenters. The summed E-state index contributed by atoms with van der Waals surface area (Å²) in [5, 5.41) is 0. The fourth-order valence-electron chi connectivity index (χ4n) is 3.06. The molecule has 2 heteroatoms. The second kappa shape index (κ2) is 5.44. The van der Waals surface area contributed by atoms with Crippen molar-refractivity contribution in [1.82, 2.24) is 0 Å². The van der Waals surface area contributed by atoms with Crippen molar-refractivity contribution >= 4 is 0 Å². The monoisotopic (exact) mass is 296 g/mol. The molecule has 0 spiro atoms. The second-order valence-corrected chi connectivity index (χ2v) is 7.12. The molecule has 0 N–H and O–H groups in total. The maximum atomic E-state index is 5.61. The molecule has 0 saturated carbocycles. The summed E-state index contributed by atoms with van der Waals surface area (Å²) in [4.78, 5) is 0. The van der Waals surface area contributed by atoms with Crippen LogP contribution >= 0.6 is 0 Å². The Morgan fingerprint density at radius 1 is 0.818 bits per heavy atom. The van der Waals surface area contributed by atoms with Crippen LogP contribution in [-0.4, -0.2) is 6.61 Å². The molecule has 2 aliphatic heterocycles. The summed E-state index contributed by atoms with van der Waals surface area (Å²) in [6.45, 7) is 10.2. The summed E-state index contributed by atoms with van der Waals surface area (Å²) in [5.41, 5.74) is 4.13. The Morgan fingerprint density at radius 3 is 2.14 bits per heavy atom. The molecule has 0 saturated heterocycles. The highest BCUT2D eigenvalue weighted by Gasteiger charge is 2.31. The third kappa shape index (κ3) is 2.76. The van der Waals surface area contributed by atoms with E-state index in [0.717, 1.165) is 19.0 Å². The van der Waals surface area contributed by atoms with Gasteiger partial charge in [-0.1, -0.05) is 56.3 Å². The molecule has 4 rings (SSSR count). The third-order valence-corrected chi connectivity index (χ3v) is 4.46. The second-order valence-electron chi connectivity index (χ2n) is 7.12. The average molecular weight is 296 g/mol. The van der Waals surface area contributed by atoms with Crippen molar-refractivity contribution in [3.63, 3.8) is 0 Å². The first-order valence-electron chi connectivity index (χ1n) is 7.85. The van der Waals surface area contributed by atoms with Gasteiger partial charge in [-0.25, -0.2) is 0 Å². The molecule has 2 aromatic rings. The first-order chi connectivity index (χ1) is 10.4. The summed E-state index contributed by atoms with van der Waals surface area (Å²) in [5.74, 6) is 1.05. The van der Waals surface area contributed by atoms with E-state index in [4.69, 9.17) is 9.47 Å². The molecule has 22 heavy (non-hydrogen) atoms. The van der Waals surface area contributed by atoms with Crippen LogP contribution in [0.15, 0.2) is 48.5 Å². The van der Waals surface area contributed by atoms with E-state index < -0.39 is 0 Å². The average Bonchev–Trinajstić information content (AvgIpc) is 2.99. The summed E-state index contributed by atoms with van der Waals surface area (Å²) >= 11 is 0. The van der Waals surface area contributed by atoms with Gasteiger partial charge in [-0.3, -0.25) is 0 Å². The molecule has 0 amide bonds. The van der Waals surface area contributed by atoms with Crippen LogP contribution in [0.1, 0.15) is 44.4 Å². The molecule has 0 radical (unpaired) electrons. The van der Waals surface area contributed by atoms with E-state index >= 15 is 0 Å². The molecule has 0 bridgehead atoms. The Kier molecular flexibility index (Phi) is 3.73. The lowest BCUT2D eigenvalue weighted by Gasteiger charge is -2.17. The van der Waals surface area contributed by atoms with Crippen molar-refractivity contribution in [1.29, 1.82) is 0 Å². The molecular weight excluding hydrogens is 272 g/mol. The van der Waals surface area contributed by atoms with Crippen molar-refractivity contribution in [2.45, 2.75) is 45.3 Å². The smallest absolute Gasteiger partial charge is 0.123 e. The Morgan fingerprint density at radius 2 is 1.45 bits per heavy atom. The molecule has 0 unspecified atom stereocenters. The zero-order chi connectivity index (χ0) is 15.8. The number of hydrogen-bond acceptors (Lipinski definition) is 2. The first-order valence-corrected chi connectivity index (χ1v) is 7.85. The highest BCUT2D eigenvalue weighted by molar-refractivity contribution is 5.42. The van der Waals surface area contributed by atoms with Gasteiger partial charge >= 0.3 is 0 Å². The van der Waals surface area contributed by atoms with Gasteiger partial charge in [-0.05, 0) is 31.0 Å². The van der Waals surface area contributed by atoms with Gasteiger partial charge in [0, 0.05) is 11.0 Å². The highest BCUT2D eigenvalue weighted by atomic mass is 16.5. The van der Waals surface area contributed by atoms with Gasteiger partial charge in [-0.2, -0.15) is 0 Å². The Labute approximate surface area is 133 Å². The van der Waals surface area contributed by atoms with Crippen LogP contribution in [0, 0.1) is 0 Å². The van der Waals surface area contributed by atoms with Gasteiger partial charge < -0.3 is 9.47 Å². The molecule has 0 fully saturated rings. The van der Waals surface area contributed by atoms with Crippen LogP contribution in [-0.2, 0) is 22.4 Å². The molecule has 0 aromatic heterocycles. The number of fused-ring (bicyclic) bond motifs is 2. The number of benzene rings is 2. The Balaban J connectivity index is 0.000000131. The zero-order valence-electron chi connectivity index (χ0n) is 13.8. The molecular formula is C20H24O2. The van der Waals surface area contributed by atoms with Crippen LogP contribution < -0.4 is 4.74 Å². The molecule has 2 aliphatic rings. The topological polar surface area (TPSA) is 18.5 Å². The number of ether oxygens (including phenoxy) is 2. The Bertz CT molecular complexity index is 611. The summed E-state index contributed by atoms with van der Waals surface area (Å²) < 4.78 is 11.1. The Hall–Kier alpha value is -1.80. The lowest BCUT2D eigenvalue weighted by molar-refractivity contribution is -0.00789. The normalized spacial score (nSPS) is 19.5. The molecule has 0 aliphatic carbocycles. The van der Waals surface area contributed by atoms with Crippen molar-refractivity contribution < 1.29 is 9.47 Å². The summed E-state index contributed by atoms with van der Waals surface area (Å²) in [7, 11) is 0. The minimum absolute atomic E-state index is 0.0728. The maximum absolute atomic E-state index is 5.61. The third-order valence-electron chi connectivity index (χ3n) is 4.46. The fourth-order valence-corrected chi connectivity index (χ4v) is 3.06. The lowest BCUT2D eigenvalue weighted by Crippen LogP contribution is -2.18. The van der Waals surface area contributed by atoms with Crippen LogP contribution in [0.3, 0.4) is 0 Å². The summed E-state index contributed by atoms with van der Waals surface area (Å²) in [6, 6.07) is 16.6. The zero-order valence-corrected chi connectivity index (χ0v) is 13.8. The van der Waals surface area contributed by atoms with E-state index in [1.54, 1.807) is 0 Å². The quantitative estimate of drug-likeness (QED) is 0.694. The molecule has 116 valence electrons. The molecule has 2 heterocycles. The first kappa shape index (κ1) is 15.1. The predicted octanol–water partition coefficient (Wildman–Crippen LogP) is 4.81. The van der Waals surface area contributed by atoms with Crippen LogP contribution in [0.4, 0.5) is 0 Å². The minimum Gasteiger partial charge on any atom is -0.492 e. The SMILES string of the molecule is CC1(C)COc2ccccc21.CC1(C)OCc2ccccc21. The fraction of sp³-hybridized carbons (Fsp3) is 0.400. The van der Waals surface area contributed by atoms with Gasteiger partial charge in [0.25, 0.3) is 0 Å². The largest absolute Gasteiger partial charge is 0.492 e. The minimum atomic E-state index is -0.0728. The number of rotatable bonds is 0. The van der Waals surface area contributed by atoms with Crippen molar-refractivity contribution in [3.8, 4) is 5.75 Å². The van der Waals surface area contributed by atoms with Crippen molar-refractivity contribution in [3.05, 3.63) is 65.2 Å². The van der Waals surface area contributed by atoms with Gasteiger partial charge in [-0.15, -0.1) is 0 Å². The van der Waals surface area contributed by atoms with Crippen molar-refractivity contribution in [2.75, 3.05) is 6.61 Å². The van der Waals surface area contributed by atoms with Crippen LogP contribution in [0.5, 0.6) is 5.75 Å². The van der Waals surface area contributed by atoms with E-state index in [-0.39, 0.29) is 11.0 Å². The van der Waals surface area contributed by atoms with Crippen LogP contribution in [0.2, 0.25) is 0 Å². The van der Waals surface area contributed by atoms with Gasteiger partial charge in [0.15, 0.2) is 0 Å². The molecule has 2 nitrogen and oxygen atoms in total. The van der Waals surface area contributed by atoms with Crippen molar-refractivity contribution in [2.24, 2.45) is 0 Å².